The quantitative estimate of drug-likeness (QED) is 0.362. The van der Waals surface area contributed by atoms with Crippen molar-refractivity contribution in [2.75, 3.05) is 13.7 Å². The lowest BCUT2D eigenvalue weighted by molar-refractivity contribution is -0.145. The molecule has 8 nitrogen and oxygen atoms in total. The maximum atomic E-state index is 12.2. The minimum atomic E-state index is -1.08. The van der Waals surface area contributed by atoms with Crippen LogP contribution in [0, 0.1) is 0 Å². The number of benzene rings is 1. The molecule has 0 aliphatic carbocycles. The molecular weight excluding hydrogens is 326 g/mol. The van der Waals surface area contributed by atoms with Gasteiger partial charge in [0.2, 0.25) is 5.91 Å². The van der Waals surface area contributed by atoms with E-state index in [1.165, 1.54) is 7.11 Å². The predicted octanol–water partition coefficient (Wildman–Crippen LogP) is 0.652. The van der Waals surface area contributed by atoms with Gasteiger partial charge in [-0.3, -0.25) is 4.79 Å². The second kappa shape index (κ2) is 11.0. The molecule has 2 atom stereocenters. The number of hydrogen-bond donors (Lipinski definition) is 4. The fourth-order valence-corrected chi connectivity index (χ4v) is 2.28. The number of carbonyl (C=O) groups excluding carboxylic acids is 2. The molecule has 0 aromatic heterocycles. The maximum Gasteiger partial charge on any atom is 0.404 e. The normalized spacial score (nSPS) is 12.7. The third-order valence-corrected chi connectivity index (χ3v) is 3.64. The Hall–Kier alpha value is -2.61. The van der Waals surface area contributed by atoms with Crippen LogP contribution in [0.15, 0.2) is 30.3 Å². The van der Waals surface area contributed by atoms with Gasteiger partial charge in [0.1, 0.15) is 6.04 Å². The first-order chi connectivity index (χ1) is 11.9. The van der Waals surface area contributed by atoms with Gasteiger partial charge in [-0.05, 0) is 24.8 Å². The summed E-state index contributed by atoms with van der Waals surface area (Å²) in [4.78, 5) is 34.4. The topological polar surface area (TPSA) is 131 Å². The van der Waals surface area contributed by atoms with E-state index >= 15 is 0 Å². The average molecular weight is 351 g/mol. The highest BCUT2D eigenvalue weighted by molar-refractivity contribution is 5.87. The minimum absolute atomic E-state index is 0.308. The van der Waals surface area contributed by atoms with Crippen molar-refractivity contribution in [1.82, 2.24) is 10.6 Å². The van der Waals surface area contributed by atoms with Crippen molar-refractivity contribution < 1.29 is 24.2 Å². The minimum Gasteiger partial charge on any atom is -0.467 e. The second-order valence-electron chi connectivity index (χ2n) is 5.61. The van der Waals surface area contributed by atoms with Crippen molar-refractivity contribution >= 4 is 18.0 Å². The number of carboxylic acid groups (broad SMARTS) is 1. The van der Waals surface area contributed by atoms with Gasteiger partial charge in [0, 0.05) is 13.0 Å². The van der Waals surface area contributed by atoms with Crippen LogP contribution in [0.3, 0.4) is 0 Å². The van der Waals surface area contributed by atoms with Crippen molar-refractivity contribution in [1.29, 1.82) is 0 Å². The monoisotopic (exact) mass is 351 g/mol. The third-order valence-electron chi connectivity index (χ3n) is 3.64. The van der Waals surface area contributed by atoms with Crippen LogP contribution in [0.4, 0.5) is 4.79 Å². The van der Waals surface area contributed by atoms with Crippen LogP contribution in [-0.4, -0.2) is 48.8 Å². The first-order valence-corrected chi connectivity index (χ1v) is 8.08. The largest absolute Gasteiger partial charge is 0.467 e. The van der Waals surface area contributed by atoms with E-state index in [1.54, 1.807) is 0 Å². The summed E-state index contributed by atoms with van der Waals surface area (Å²) < 4.78 is 4.74. The van der Waals surface area contributed by atoms with E-state index in [0.29, 0.717) is 32.2 Å². The molecule has 1 aromatic carbocycles. The van der Waals surface area contributed by atoms with Gasteiger partial charge in [-0.2, -0.15) is 0 Å². The molecule has 0 saturated carbocycles. The van der Waals surface area contributed by atoms with Gasteiger partial charge < -0.3 is 26.2 Å². The number of unbranched alkanes of at least 4 members (excludes halogenated alkanes) is 1. The molecule has 8 heteroatoms. The van der Waals surface area contributed by atoms with E-state index in [0.717, 1.165) is 5.56 Å². The molecule has 0 saturated heterocycles. The standard InChI is InChI=1S/C17H25N3O5/c1-25-16(22)14(11-12-7-3-2-4-8-12)20-15(21)13(18)9-5-6-10-19-17(23)24/h2-4,7-8,13-14,19H,5-6,9-11,18H2,1H3,(H,20,21)(H,23,24)/t13-,14-/m0/s1. The Morgan fingerprint density at radius 2 is 1.88 bits per heavy atom. The fraction of sp³-hybridized carbons (Fsp3) is 0.471. The van der Waals surface area contributed by atoms with E-state index in [9.17, 15) is 14.4 Å². The molecule has 2 amide bonds. The molecule has 138 valence electrons. The lowest BCUT2D eigenvalue weighted by atomic mass is 10.0. The molecular formula is C17H25N3O5. The Labute approximate surface area is 146 Å². The van der Waals surface area contributed by atoms with Crippen molar-refractivity contribution in [3.05, 3.63) is 35.9 Å². The summed E-state index contributed by atoms with van der Waals surface area (Å²) in [5.74, 6) is -0.965. The number of amides is 2. The summed E-state index contributed by atoms with van der Waals surface area (Å²) in [6.45, 7) is 0.308. The van der Waals surface area contributed by atoms with Gasteiger partial charge in [-0.15, -0.1) is 0 Å². The van der Waals surface area contributed by atoms with Crippen LogP contribution in [0.25, 0.3) is 0 Å². The van der Waals surface area contributed by atoms with Crippen molar-refractivity contribution in [3.63, 3.8) is 0 Å². The molecule has 0 heterocycles. The smallest absolute Gasteiger partial charge is 0.404 e. The van der Waals surface area contributed by atoms with Gasteiger partial charge in [0.25, 0.3) is 0 Å². The fourth-order valence-electron chi connectivity index (χ4n) is 2.28. The summed E-state index contributed by atoms with van der Waals surface area (Å²) in [6, 6.07) is 7.71. The van der Waals surface area contributed by atoms with Crippen LogP contribution in [0.5, 0.6) is 0 Å². The molecule has 1 rings (SSSR count). The first-order valence-electron chi connectivity index (χ1n) is 8.08. The Morgan fingerprint density at radius 3 is 2.48 bits per heavy atom. The highest BCUT2D eigenvalue weighted by Crippen LogP contribution is 2.06. The summed E-state index contributed by atoms with van der Waals surface area (Å²) in [5, 5.41) is 13.3. The van der Waals surface area contributed by atoms with Crippen LogP contribution in [0.1, 0.15) is 24.8 Å². The molecule has 25 heavy (non-hydrogen) atoms. The number of esters is 1. The number of methoxy groups -OCH3 is 1. The van der Waals surface area contributed by atoms with Gasteiger partial charge >= 0.3 is 12.1 Å². The molecule has 0 bridgehead atoms. The molecule has 0 spiro atoms. The lowest BCUT2D eigenvalue weighted by Gasteiger charge is -2.19. The van der Waals surface area contributed by atoms with E-state index in [-0.39, 0.29) is 0 Å². The molecule has 0 radical (unpaired) electrons. The molecule has 0 aliphatic heterocycles. The van der Waals surface area contributed by atoms with Crippen LogP contribution in [0.2, 0.25) is 0 Å². The number of ether oxygens (including phenoxy) is 1. The van der Waals surface area contributed by atoms with E-state index in [1.807, 2.05) is 30.3 Å². The van der Waals surface area contributed by atoms with Crippen LogP contribution in [-0.2, 0) is 20.7 Å². The molecule has 5 N–H and O–H groups in total. The van der Waals surface area contributed by atoms with Gasteiger partial charge in [-0.25, -0.2) is 9.59 Å². The average Bonchev–Trinajstić information content (AvgIpc) is 2.60. The maximum absolute atomic E-state index is 12.2. The number of rotatable bonds is 10. The van der Waals surface area contributed by atoms with E-state index in [4.69, 9.17) is 15.6 Å². The molecule has 0 unspecified atom stereocenters. The number of nitrogens with one attached hydrogen (secondary N) is 2. The van der Waals surface area contributed by atoms with Crippen molar-refractivity contribution in [3.8, 4) is 0 Å². The van der Waals surface area contributed by atoms with Gasteiger partial charge in [0.15, 0.2) is 0 Å². The highest BCUT2D eigenvalue weighted by atomic mass is 16.5. The van der Waals surface area contributed by atoms with Crippen molar-refractivity contribution in [2.45, 2.75) is 37.8 Å². The summed E-state index contributed by atoms with van der Waals surface area (Å²) >= 11 is 0. The molecule has 0 fully saturated rings. The SMILES string of the molecule is COC(=O)[C@H](Cc1ccccc1)NC(=O)[C@@H](N)CCCCNC(=O)O. The van der Waals surface area contributed by atoms with E-state index < -0.39 is 30.1 Å². The Morgan fingerprint density at radius 1 is 1.20 bits per heavy atom. The first kappa shape index (κ1) is 20.4. The number of hydrogen-bond acceptors (Lipinski definition) is 5. The van der Waals surface area contributed by atoms with Crippen molar-refractivity contribution in [2.24, 2.45) is 5.73 Å². The zero-order valence-corrected chi connectivity index (χ0v) is 14.2. The summed E-state index contributed by atoms with van der Waals surface area (Å²) in [6.07, 6.45) is 0.804. The molecule has 1 aromatic rings. The molecule has 0 aliphatic rings. The van der Waals surface area contributed by atoms with Crippen LogP contribution < -0.4 is 16.4 Å². The second-order valence-corrected chi connectivity index (χ2v) is 5.61. The Kier molecular flexibility index (Phi) is 9.02. The third kappa shape index (κ3) is 8.16. The van der Waals surface area contributed by atoms with Gasteiger partial charge in [0.05, 0.1) is 13.2 Å². The highest BCUT2D eigenvalue weighted by Gasteiger charge is 2.24. The Bertz CT molecular complexity index is 565. The van der Waals surface area contributed by atoms with Crippen LogP contribution >= 0.6 is 0 Å². The Balaban J connectivity index is 2.48. The summed E-state index contributed by atoms with van der Waals surface area (Å²) in [7, 11) is 1.27. The summed E-state index contributed by atoms with van der Waals surface area (Å²) in [5.41, 5.74) is 6.74. The lowest BCUT2D eigenvalue weighted by Crippen LogP contribution is -2.49. The number of carbonyl (C=O) groups is 3. The van der Waals surface area contributed by atoms with E-state index in [2.05, 4.69) is 10.6 Å². The zero-order chi connectivity index (χ0) is 18.7. The van der Waals surface area contributed by atoms with Gasteiger partial charge in [-0.1, -0.05) is 30.3 Å². The number of nitrogens with two attached hydrogens (primary N) is 1. The zero-order valence-electron chi connectivity index (χ0n) is 14.2. The predicted molar refractivity (Wildman–Crippen MR) is 91.9 cm³/mol.